The maximum atomic E-state index is 12.4. The van der Waals surface area contributed by atoms with Crippen LogP contribution in [0.4, 0.5) is 4.79 Å². The molecule has 1 heterocycles. The van der Waals surface area contributed by atoms with E-state index in [2.05, 4.69) is 15.9 Å². The number of nitrogens with zero attached hydrogens (tertiary/aromatic N) is 2. The molecule has 1 aromatic rings. The van der Waals surface area contributed by atoms with Crippen molar-refractivity contribution in [2.24, 2.45) is 0 Å². The van der Waals surface area contributed by atoms with E-state index in [4.69, 9.17) is 0 Å². The maximum absolute atomic E-state index is 12.4. The van der Waals surface area contributed by atoms with Gasteiger partial charge in [-0.1, -0.05) is 40.9 Å². The lowest BCUT2D eigenvalue weighted by Gasteiger charge is -2.21. The second-order valence-corrected chi connectivity index (χ2v) is 6.33. The van der Waals surface area contributed by atoms with Crippen molar-refractivity contribution in [1.82, 2.24) is 9.80 Å². The average Bonchev–Trinajstić information content (AvgIpc) is 3.03. The molecule has 2 aliphatic rings. The van der Waals surface area contributed by atoms with E-state index in [1.165, 1.54) is 0 Å². The molecular weight excluding hydrogens is 336 g/mol. The van der Waals surface area contributed by atoms with Crippen LogP contribution in [0.25, 0.3) is 0 Å². The van der Waals surface area contributed by atoms with Crippen LogP contribution in [0.1, 0.15) is 31.2 Å². The lowest BCUT2D eigenvalue weighted by molar-refractivity contribution is -0.144. The van der Waals surface area contributed by atoms with Crippen LogP contribution in [0.5, 0.6) is 0 Å². The number of amides is 4. The van der Waals surface area contributed by atoms with E-state index in [1.807, 2.05) is 24.3 Å². The van der Waals surface area contributed by atoms with Crippen LogP contribution >= 0.6 is 15.9 Å². The second kappa shape index (κ2) is 5.60. The molecular formula is C15H15BrN2O3. The summed E-state index contributed by atoms with van der Waals surface area (Å²) in [5.41, 5.74) is 0.812. The van der Waals surface area contributed by atoms with Crippen molar-refractivity contribution >= 4 is 33.8 Å². The fraction of sp³-hybridized carbons (Fsp3) is 0.400. The number of rotatable bonds is 3. The minimum Gasteiger partial charge on any atom is -0.263 e. The van der Waals surface area contributed by atoms with Gasteiger partial charge in [-0.3, -0.25) is 19.4 Å². The van der Waals surface area contributed by atoms with E-state index >= 15 is 0 Å². The first-order valence-electron chi connectivity index (χ1n) is 7.01. The minimum absolute atomic E-state index is 0.110. The van der Waals surface area contributed by atoms with Crippen LogP contribution in [0.3, 0.4) is 0 Å². The number of benzene rings is 1. The lowest BCUT2D eigenvalue weighted by atomic mass is 10.2. The number of hydrogen-bond acceptors (Lipinski definition) is 3. The highest BCUT2D eigenvalue weighted by Gasteiger charge is 2.47. The standard InChI is InChI=1S/C15H15BrN2O3/c16-11-5-3-4-10(8-11)9-17-13(19)14(20)18(15(17)21)12-6-1-2-7-12/h3-5,8,12H,1-2,6-7,9H2. The van der Waals surface area contributed by atoms with E-state index < -0.39 is 17.8 Å². The predicted molar refractivity (Wildman–Crippen MR) is 79.2 cm³/mol. The third-order valence-corrected chi connectivity index (χ3v) is 4.50. The number of hydrogen-bond donors (Lipinski definition) is 0. The van der Waals surface area contributed by atoms with Crippen LogP contribution in [0, 0.1) is 0 Å². The largest absolute Gasteiger partial charge is 0.334 e. The zero-order chi connectivity index (χ0) is 15.0. The van der Waals surface area contributed by atoms with Gasteiger partial charge in [0.15, 0.2) is 0 Å². The molecule has 0 spiro atoms. The zero-order valence-corrected chi connectivity index (χ0v) is 13.0. The van der Waals surface area contributed by atoms with Gasteiger partial charge in [-0.05, 0) is 30.5 Å². The summed E-state index contributed by atoms with van der Waals surface area (Å²) in [5, 5.41) is 0. The van der Waals surface area contributed by atoms with Gasteiger partial charge in [-0.15, -0.1) is 0 Å². The number of urea groups is 1. The SMILES string of the molecule is O=C1C(=O)N(C2CCCC2)C(=O)N1Cc1cccc(Br)c1. The normalized spacial score (nSPS) is 20.0. The summed E-state index contributed by atoms with van der Waals surface area (Å²) in [6, 6.07) is 6.78. The molecule has 3 rings (SSSR count). The number of carbonyl (C=O) groups excluding carboxylic acids is 3. The van der Waals surface area contributed by atoms with E-state index in [-0.39, 0.29) is 12.6 Å². The highest BCUT2D eigenvalue weighted by atomic mass is 79.9. The summed E-state index contributed by atoms with van der Waals surface area (Å²) in [6.45, 7) is 0.131. The molecule has 0 radical (unpaired) electrons. The highest BCUT2D eigenvalue weighted by molar-refractivity contribution is 9.10. The van der Waals surface area contributed by atoms with Crippen molar-refractivity contribution in [3.05, 3.63) is 34.3 Å². The summed E-state index contributed by atoms with van der Waals surface area (Å²) in [6.07, 6.45) is 3.61. The third-order valence-electron chi connectivity index (χ3n) is 4.00. The van der Waals surface area contributed by atoms with Crippen LogP contribution in [0.15, 0.2) is 28.7 Å². The second-order valence-electron chi connectivity index (χ2n) is 5.42. The predicted octanol–water partition coefficient (Wildman–Crippen LogP) is 2.68. The average molecular weight is 351 g/mol. The number of carbonyl (C=O) groups is 3. The molecule has 1 saturated carbocycles. The summed E-state index contributed by atoms with van der Waals surface area (Å²) in [7, 11) is 0. The summed E-state index contributed by atoms with van der Waals surface area (Å²) >= 11 is 3.35. The van der Waals surface area contributed by atoms with E-state index in [0.717, 1.165) is 45.5 Å². The Morgan fingerprint density at radius 3 is 2.48 bits per heavy atom. The lowest BCUT2D eigenvalue weighted by Crippen LogP contribution is -2.39. The molecule has 0 bridgehead atoms. The van der Waals surface area contributed by atoms with Crippen molar-refractivity contribution in [1.29, 1.82) is 0 Å². The molecule has 0 unspecified atom stereocenters. The van der Waals surface area contributed by atoms with Crippen molar-refractivity contribution in [2.75, 3.05) is 0 Å². The van der Waals surface area contributed by atoms with E-state index in [0.29, 0.717) is 0 Å². The van der Waals surface area contributed by atoms with Crippen molar-refractivity contribution in [3.63, 3.8) is 0 Å². The maximum Gasteiger partial charge on any atom is 0.334 e. The van der Waals surface area contributed by atoms with Gasteiger partial charge in [0.1, 0.15) is 0 Å². The molecule has 6 heteroatoms. The van der Waals surface area contributed by atoms with Gasteiger partial charge in [-0.2, -0.15) is 0 Å². The first-order valence-corrected chi connectivity index (χ1v) is 7.80. The van der Waals surface area contributed by atoms with Gasteiger partial charge < -0.3 is 0 Å². The number of imide groups is 2. The number of halogens is 1. The van der Waals surface area contributed by atoms with Gasteiger partial charge in [0, 0.05) is 10.5 Å². The zero-order valence-electron chi connectivity index (χ0n) is 11.4. The topological polar surface area (TPSA) is 57.7 Å². The Labute approximate surface area is 131 Å². The monoisotopic (exact) mass is 350 g/mol. The van der Waals surface area contributed by atoms with E-state index in [1.54, 1.807) is 0 Å². The van der Waals surface area contributed by atoms with Gasteiger partial charge in [0.05, 0.1) is 6.54 Å². The molecule has 4 amide bonds. The molecule has 5 nitrogen and oxygen atoms in total. The van der Waals surface area contributed by atoms with Crippen molar-refractivity contribution < 1.29 is 14.4 Å². The molecule has 1 aliphatic carbocycles. The molecule has 110 valence electrons. The van der Waals surface area contributed by atoms with Gasteiger partial charge in [0.2, 0.25) is 0 Å². The minimum atomic E-state index is -0.716. The summed E-state index contributed by atoms with van der Waals surface area (Å²) in [5.74, 6) is -1.39. The van der Waals surface area contributed by atoms with Crippen molar-refractivity contribution in [2.45, 2.75) is 38.3 Å². The molecule has 0 N–H and O–H groups in total. The van der Waals surface area contributed by atoms with Gasteiger partial charge in [-0.25, -0.2) is 4.79 Å². The molecule has 0 aromatic heterocycles. The van der Waals surface area contributed by atoms with Crippen LogP contribution in [0.2, 0.25) is 0 Å². The molecule has 1 aliphatic heterocycles. The molecule has 2 fully saturated rings. The Hall–Kier alpha value is -1.69. The Morgan fingerprint density at radius 1 is 1.10 bits per heavy atom. The fourth-order valence-electron chi connectivity index (χ4n) is 2.96. The van der Waals surface area contributed by atoms with Gasteiger partial charge in [0.25, 0.3) is 0 Å². The molecule has 21 heavy (non-hydrogen) atoms. The first-order chi connectivity index (χ1) is 10.1. The molecule has 1 aromatic carbocycles. The van der Waals surface area contributed by atoms with Crippen LogP contribution in [-0.2, 0) is 16.1 Å². The van der Waals surface area contributed by atoms with Gasteiger partial charge >= 0.3 is 17.8 Å². The molecule has 0 atom stereocenters. The van der Waals surface area contributed by atoms with Crippen molar-refractivity contribution in [3.8, 4) is 0 Å². The smallest absolute Gasteiger partial charge is 0.263 e. The summed E-state index contributed by atoms with van der Waals surface area (Å²) < 4.78 is 0.873. The third kappa shape index (κ3) is 2.60. The Morgan fingerprint density at radius 2 is 1.81 bits per heavy atom. The quantitative estimate of drug-likeness (QED) is 0.622. The van der Waals surface area contributed by atoms with Crippen LogP contribution < -0.4 is 0 Å². The fourth-order valence-corrected chi connectivity index (χ4v) is 3.41. The Kier molecular flexibility index (Phi) is 3.80. The van der Waals surface area contributed by atoms with Crippen LogP contribution in [-0.4, -0.2) is 33.7 Å². The first kappa shape index (κ1) is 14.3. The summed E-state index contributed by atoms with van der Waals surface area (Å²) in [4.78, 5) is 38.8. The van der Waals surface area contributed by atoms with E-state index in [9.17, 15) is 14.4 Å². The highest BCUT2D eigenvalue weighted by Crippen LogP contribution is 2.28. The Bertz CT molecular complexity index is 611. The Balaban J connectivity index is 1.81. The molecule has 1 saturated heterocycles.